The van der Waals surface area contributed by atoms with E-state index in [1.807, 2.05) is 0 Å². The summed E-state index contributed by atoms with van der Waals surface area (Å²) in [6.07, 6.45) is 13.4. The van der Waals surface area contributed by atoms with Crippen molar-refractivity contribution in [1.82, 2.24) is 9.80 Å². The number of amides is 2. The predicted octanol–water partition coefficient (Wildman–Crippen LogP) is 9.49. The Balaban J connectivity index is 1.42. The van der Waals surface area contributed by atoms with Gasteiger partial charge in [-0.25, -0.2) is 4.79 Å². The summed E-state index contributed by atoms with van der Waals surface area (Å²) in [6, 6.07) is 20.5. The van der Waals surface area contributed by atoms with Gasteiger partial charge in [0.2, 0.25) is 0 Å². The Labute approximate surface area is 244 Å². The van der Waals surface area contributed by atoms with Crippen LogP contribution in [0.5, 0.6) is 0 Å². The molecule has 1 unspecified atom stereocenters. The number of hydrogen-bond acceptors (Lipinski definition) is 1. The van der Waals surface area contributed by atoms with Gasteiger partial charge in [0, 0.05) is 19.6 Å². The summed E-state index contributed by atoms with van der Waals surface area (Å²) in [5.41, 5.74) is 4.57. The molecule has 2 amide bonds. The summed E-state index contributed by atoms with van der Waals surface area (Å²) in [5.74, 6) is 1.42. The molecule has 2 aromatic carbocycles. The van der Waals surface area contributed by atoms with Crippen molar-refractivity contribution in [3.8, 4) is 0 Å². The maximum Gasteiger partial charge on any atom is 0.320 e. The second kappa shape index (κ2) is 11.9. The number of urea groups is 1. The molecule has 1 atom stereocenters. The van der Waals surface area contributed by atoms with Crippen LogP contribution in [0.25, 0.3) is 0 Å². The first kappa shape index (κ1) is 29.2. The van der Waals surface area contributed by atoms with Crippen LogP contribution >= 0.6 is 0 Å². The third kappa shape index (κ3) is 5.72. The smallest absolute Gasteiger partial charge is 0.318 e. The molecule has 218 valence electrons. The third-order valence-electron chi connectivity index (χ3n) is 11.3. The maximum absolute atomic E-state index is 14.2. The Bertz CT molecular complexity index is 1130. The van der Waals surface area contributed by atoms with Gasteiger partial charge < -0.3 is 9.80 Å². The highest BCUT2D eigenvalue weighted by atomic mass is 16.2. The quantitative estimate of drug-likeness (QED) is 0.277. The van der Waals surface area contributed by atoms with E-state index in [-0.39, 0.29) is 16.4 Å². The number of carbonyl (C=O) groups is 1. The van der Waals surface area contributed by atoms with Crippen molar-refractivity contribution in [3.63, 3.8) is 0 Å². The van der Waals surface area contributed by atoms with Crippen LogP contribution in [0, 0.1) is 11.8 Å². The molecular formula is C37H54N2O. The molecular weight excluding hydrogens is 488 g/mol. The molecule has 0 aromatic heterocycles. The Morgan fingerprint density at radius 3 is 2.25 bits per heavy atom. The standard InChI is InChI=1S/C37H54N2O/c1-6-14-29(3)25-36(32-18-9-8-10-19-32)21-23-37(24-22-36)28-38(34(40)39(37)26-30-15-13-16-30)27-31-17-11-12-20-33(31)35(4,5)7-2/h8-12,17-20,29-30H,6-7,13-16,21-28H2,1-5H3/t29?,36-,37-. The first-order valence-electron chi connectivity index (χ1n) is 16.4. The van der Waals surface area contributed by atoms with Gasteiger partial charge in [-0.15, -0.1) is 0 Å². The van der Waals surface area contributed by atoms with Gasteiger partial charge in [-0.2, -0.15) is 0 Å². The van der Waals surface area contributed by atoms with Crippen LogP contribution in [0.1, 0.15) is 122 Å². The van der Waals surface area contributed by atoms with Gasteiger partial charge in [0.15, 0.2) is 0 Å². The summed E-state index contributed by atoms with van der Waals surface area (Å²) >= 11 is 0. The molecule has 0 N–H and O–H groups in total. The minimum Gasteiger partial charge on any atom is -0.318 e. The lowest BCUT2D eigenvalue weighted by atomic mass is 9.60. The minimum atomic E-state index is -0.0197. The third-order valence-corrected chi connectivity index (χ3v) is 11.3. The molecule has 3 fully saturated rings. The van der Waals surface area contributed by atoms with Crippen molar-refractivity contribution in [3.05, 3.63) is 71.3 Å². The summed E-state index contributed by atoms with van der Waals surface area (Å²) in [6.45, 7) is 14.3. The normalized spacial score (nSPS) is 26.4. The molecule has 5 rings (SSSR count). The first-order chi connectivity index (χ1) is 19.2. The summed E-state index contributed by atoms with van der Waals surface area (Å²) in [7, 11) is 0. The summed E-state index contributed by atoms with van der Waals surface area (Å²) < 4.78 is 0. The predicted molar refractivity (Wildman–Crippen MR) is 168 cm³/mol. The van der Waals surface area contributed by atoms with E-state index in [4.69, 9.17) is 0 Å². The molecule has 3 nitrogen and oxygen atoms in total. The van der Waals surface area contributed by atoms with Crippen molar-refractivity contribution in [2.45, 2.75) is 128 Å². The van der Waals surface area contributed by atoms with E-state index in [2.05, 4.69) is 99.0 Å². The molecule has 1 saturated heterocycles. The second-order valence-electron chi connectivity index (χ2n) is 14.4. The molecule has 2 aliphatic carbocycles. The number of carbonyl (C=O) groups excluding carboxylic acids is 1. The number of nitrogens with zero attached hydrogens (tertiary/aromatic N) is 2. The topological polar surface area (TPSA) is 23.6 Å². The van der Waals surface area contributed by atoms with Crippen molar-refractivity contribution in [2.24, 2.45) is 11.8 Å². The van der Waals surface area contributed by atoms with Crippen LogP contribution < -0.4 is 0 Å². The van der Waals surface area contributed by atoms with E-state index in [1.54, 1.807) is 0 Å². The average molecular weight is 543 g/mol. The first-order valence-corrected chi connectivity index (χ1v) is 16.4. The zero-order chi connectivity index (χ0) is 28.4. The van der Waals surface area contributed by atoms with Gasteiger partial charge in [-0.05, 0) is 90.7 Å². The van der Waals surface area contributed by atoms with Gasteiger partial charge in [0.05, 0.1) is 5.54 Å². The highest BCUT2D eigenvalue weighted by Crippen LogP contribution is 2.52. The van der Waals surface area contributed by atoms with Gasteiger partial charge in [0.1, 0.15) is 0 Å². The van der Waals surface area contributed by atoms with Crippen LogP contribution in [-0.4, -0.2) is 34.5 Å². The molecule has 2 saturated carbocycles. The van der Waals surface area contributed by atoms with Gasteiger partial charge in [0.25, 0.3) is 0 Å². The lowest BCUT2D eigenvalue weighted by Gasteiger charge is -2.50. The fraction of sp³-hybridized carbons (Fsp3) is 0.649. The van der Waals surface area contributed by atoms with Gasteiger partial charge in [-0.1, -0.05) is 108 Å². The molecule has 0 bridgehead atoms. The molecule has 40 heavy (non-hydrogen) atoms. The molecule has 3 aliphatic rings. The van der Waals surface area contributed by atoms with Crippen molar-refractivity contribution in [2.75, 3.05) is 13.1 Å². The van der Waals surface area contributed by atoms with Crippen molar-refractivity contribution < 1.29 is 4.79 Å². The molecule has 1 heterocycles. The zero-order valence-electron chi connectivity index (χ0n) is 26.1. The minimum absolute atomic E-state index is 0.0197. The zero-order valence-corrected chi connectivity index (χ0v) is 26.1. The Morgan fingerprint density at radius 1 is 0.950 bits per heavy atom. The molecule has 3 heteroatoms. The highest BCUT2D eigenvalue weighted by Gasteiger charge is 2.54. The van der Waals surface area contributed by atoms with Crippen LogP contribution in [0.2, 0.25) is 0 Å². The van der Waals surface area contributed by atoms with Crippen molar-refractivity contribution in [1.29, 1.82) is 0 Å². The van der Waals surface area contributed by atoms with Crippen LogP contribution in [-0.2, 0) is 17.4 Å². The van der Waals surface area contributed by atoms with E-state index < -0.39 is 0 Å². The molecule has 2 aromatic rings. The Kier molecular flexibility index (Phi) is 8.69. The number of rotatable bonds is 11. The van der Waals surface area contributed by atoms with Gasteiger partial charge in [-0.3, -0.25) is 0 Å². The summed E-state index contributed by atoms with van der Waals surface area (Å²) in [4.78, 5) is 18.8. The largest absolute Gasteiger partial charge is 0.320 e. The fourth-order valence-electron chi connectivity index (χ4n) is 8.21. The van der Waals surface area contributed by atoms with E-state index >= 15 is 0 Å². The van der Waals surface area contributed by atoms with Gasteiger partial charge >= 0.3 is 6.03 Å². The van der Waals surface area contributed by atoms with E-state index in [0.29, 0.717) is 11.9 Å². The van der Waals surface area contributed by atoms with Crippen molar-refractivity contribution >= 4 is 6.03 Å². The van der Waals surface area contributed by atoms with E-state index in [1.165, 1.54) is 68.1 Å². The molecule has 1 spiro atoms. The lowest BCUT2D eigenvalue weighted by molar-refractivity contribution is 0.0587. The highest BCUT2D eigenvalue weighted by molar-refractivity contribution is 5.78. The van der Waals surface area contributed by atoms with E-state index in [0.717, 1.165) is 44.8 Å². The second-order valence-corrected chi connectivity index (χ2v) is 14.4. The number of benzene rings is 2. The van der Waals surface area contributed by atoms with Crippen LogP contribution in [0.4, 0.5) is 4.79 Å². The van der Waals surface area contributed by atoms with E-state index in [9.17, 15) is 4.79 Å². The number of hydrogen-bond donors (Lipinski definition) is 0. The molecule has 0 radical (unpaired) electrons. The lowest BCUT2D eigenvalue weighted by Crippen LogP contribution is -2.54. The van der Waals surface area contributed by atoms with Crippen LogP contribution in [0.15, 0.2) is 54.6 Å². The molecule has 1 aliphatic heterocycles. The Hall–Kier alpha value is -2.29. The summed E-state index contributed by atoms with van der Waals surface area (Å²) in [5, 5.41) is 0. The average Bonchev–Trinajstić information content (AvgIpc) is 3.18. The SMILES string of the molecule is CCCC(C)C[C@]1(c2ccccc2)CC[C@]2(CC1)CN(Cc1ccccc1C(C)(C)CC)C(=O)N2CC1CCC1. The van der Waals surface area contributed by atoms with Crippen LogP contribution in [0.3, 0.4) is 0 Å². The maximum atomic E-state index is 14.2. The Morgan fingerprint density at radius 2 is 1.62 bits per heavy atom. The fourth-order valence-corrected chi connectivity index (χ4v) is 8.21. The monoisotopic (exact) mass is 542 g/mol.